The third-order valence-electron chi connectivity index (χ3n) is 13.6. The lowest BCUT2D eigenvalue weighted by molar-refractivity contribution is 0.479. The summed E-state index contributed by atoms with van der Waals surface area (Å²) in [4.78, 5) is 0. The molecule has 13 rings (SSSR count). The van der Waals surface area contributed by atoms with Crippen molar-refractivity contribution in [2.75, 3.05) is 0 Å². The predicted molar refractivity (Wildman–Crippen MR) is 273 cm³/mol. The Morgan fingerprint density at radius 2 is 0.923 bits per heavy atom. The van der Waals surface area contributed by atoms with Crippen molar-refractivity contribution in [2.24, 2.45) is 0 Å². The zero-order valence-electron chi connectivity index (χ0n) is 35.4. The molecule has 0 saturated carbocycles. The SMILES string of the molecule is c1ccc([Si](c2ccccc2)(c2ccccc2)c2ccccc2-c2ccc3c(c2)Oc2cccc4c2B3Oc2cc(-c3cccc(-n5c6ccccc6c6ccccc65)c3)ccc2-4)cc1. The molecule has 0 aliphatic carbocycles. The van der Waals surface area contributed by atoms with Gasteiger partial charge in [0.15, 0.2) is 8.07 Å². The maximum absolute atomic E-state index is 7.16. The Bertz CT molecular complexity index is 3470. The van der Waals surface area contributed by atoms with Crippen LogP contribution in [0.15, 0.2) is 243 Å². The van der Waals surface area contributed by atoms with E-state index in [4.69, 9.17) is 9.39 Å². The first-order valence-corrected chi connectivity index (χ1v) is 24.4. The van der Waals surface area contributed by atoms with Crippen molar-refractivity contribution in [3.8, 4) is 56.3 Å². The van der Waals surface area contributed by atoms with Crippen LogP contribution in [0, 0.1) is 0 Å². The van der Waals surface area contributed by atoms with Gasteiger partial charge in [-0.2, -0.15) is 0 Å². The molecule has 304 valence electrons. The normalized spacial score (nSPS) is 12.5. The van der Waals surface area contributed by atoms with Crippen molar-refractivity contribution in [3.05, 3.63) is 243 Å². The van der Waals surface area contributed by atoms with E-state index in [9.17, 15) is 0 Å². The molecule has 0 amide bonds. The van der Waals surface area contributed by atoms with Gasteiger partial charge in [0.05, 0.1) is 11.0 Å². The lowest BCUT2D eigenvalue weighted by Crippen LogP contribution is -2.75. The molecular formula is C60H40BNO2Si. The molecule has 0 spiro atoms. The van der Waals surface area contributed by atoms with Gasteiger partial charge in [-0.3, -0.25) is 0 Å². The Balaban J connectivity index is 0.913. The third kappa shape index (κ3) is 5.83. The number of aromatic nitrogens is 1. The number of hydrogen-bond acceptors (Lipinski definition) is 2. The Morgan fingerprint density at radius 1 is 0.369 bits per heavy atom. The van der Waals surface area contributed by atoms with Crippen molar-refractivity contribution in [3.63, 3.8) is 0 Å². The van der Waals surface area contributed by atoms with E-state index in [0.29, 0.717) is 0 Å². The number of hydrogen-bond donors (Lipinski definition) is 0. The molecule has 2 aliphatic heterocycles. The summed E-state index contributed by atoms with van der Waals surface area (Å²) in [5.74, 6) is 2.52. The zero-order chi connectivity index (χ0) is 42.9. The Kier molecular flexibility index (Phi) is 8.65. The van der Waals surface area contributed by atoms with Gasteiger partial charge in [-0.1, -0.05) is 200 Å². The molecule has 2 aliphatic rings. The van der Waals surface area contributed by atoms with Crippen LogP contribution in [-0.4, -0.2) is 19.6 Å². The molecule has 0 radical (unpaired) electrons. The van der Waals surface area contributed by atoms with E-state index in [-0.39, 0.29) is 6.92 Å². The molecule has 10 aromatic carbocycles. The van der Waals surface area contributed by atoms with E-state index in [0.717, 1.165) is 61.7 Å². The molecule has 0 saturated heterocycles. The second-order valence-electron chi connectivity index (χ2n) is 17.1. The van der Waals surface area contributed by atoms with Crippen LogP contribution in [0.25, 0.3) is 60.9 Å². The summed E-state index contributed by atoms with van der Waals surface area (Å²) in [6.07, 6.45) is 0. The Labute approximate surface area is 379 Å². The summed E-state index contributed by atoms with van der Waals surface area (Å²) >= 11 is 0. The van der Waals surface area contributed by atoms with E-state index in [1.54, 1.807) is 0 Å². The van der Waals surface area contributed by atoms with Crippen LogP contribution in [0.4, 0.5) is 0 Å². The summed E-state index contributed by atoms with van der Waals surface area (Å²) in [7, 11) is -2.82. The van der Waals surface area contributed by atoms with Crippen LogP contribution in [0.3, 0.4) is 0 Å². The first-order valence-electron chi connectivity index (χ1n) is 22.4. The average molecular weight is 846 g/mol. The molecule has 5 heteroatoms. The maximum Gasteiger partial charge on any atom is 0.434 e. The molecule has 65 heavy (non-hydrogen) atoms. The minimum Gasteiger partial charge on any atom is -0.551 e. The standard InChI is InChI=1S/C60H40BNO2Si/c1-4-20-45(21-5-1)65(46-22-6-2-7-23-46,47-24-8-3-9-25-47)59-33-15-12-26-48(59)43-35-37-53-58(40-43)63-56-32-17-29-52-51-36-34-42(39-57(51)64-61(53)60(52)56)41-18-16-19-44(38-41)62-54-30-13-10-27-49(54)50-28-11-14-31-55(50)62/h1-40H. The summed E-state index contributed by atoms with van der Waals surface area (Å²) < 4.78 is 16.5. The predicted octanol–water partition coefficient (Wildman–Crippen LogP) is 10.8. The number of fused-ring (bicyclic) bond motifs is 7. The minimum absolute atomic E-state index is 0.327. The van der Waals surface area contributed by atoms with Crippen LogP contribution in [-0.2, 0) is 0 Å². The Morgan fingerprint density at radius 3 is 1.62 bits per heavy atom. The fourth-order valence-electron chi connectivity index (χ4n) is 10.8. The molecule has 1 aromatic heterocycles. The monoisotopic (exact) mass is 845 g/mol. The van der Waals surface area contributed by atoms with Crippen molar-refractivity contribution >= 4 is 68.5 Å². The molecule has 0 N–H and O–H groups in total. The van der Waals surface area contributed by atoms with Crippen molar-refractivity contribution in [1.29, 1.82) is 0 Å². The number of para-hydroxylation sites is 2. The highest BCUT2D eigenvalue weighted by molar-refractivity contribution is 7.20. The van der Waals surface area contributed by atoms with Gasteiger partial charge >= 0.3 is 6.92 Å². The van der Waals surface area contributed by atoms with E-state index < -0.39 is 8.07 Å². The van der Waals surface area contributed by atoms with Crippen molar-refractivity contribution in [1.82, 2.24) is 4.57 Å². The fourth-order valence-corrected chi connectivity index (χ4v) is 15.8. The molecule has 0 bridgehead atoms. The van der Waals surface area contributed by atoms with E-state index in [2.05, 4.69) is 247 Å². The van der Waals surface area contributed by atoms with Gasteiger partial charge in [-0.15, -0.1) is 0 Å². The summed E-state index contributed by atoms with van der Waals surface area (Å²) in [5, 5.41) is 7.86. The molecule has 0 fully saturated rings. The average Bonchev–Trinajstić information content (AvgIpc) is 3.72. The smallest absolute Gasteiger partial charge is 0.434 e. The molecular weight excluding hydrogens is 806 g/mol. The minimum atomic E-state index is -2.82. The van der Waals surface area contributed by atoms with Gasteiger partial charge in [0.1, 0.15) is 17.2 Å². The zero-order valence-corrected chi connectivity index (χ0v) is 36.4. The first kappa shape index (κ1) is 37.4. The highest BCUT2D eigenvalue weighted by Gasteiger charge is 2.44. The molecule has 11 aromatic rings. The summed E-state index contributed by atoms with van der Waals surface area (Å²) in [6, 6.07) is 88.3. The van der Waals surface area contributed by atoms with Gasteiger partial charge in [0, 0.05) is 32.9 Å². The van der Waals surface area contributed by atoms with Crippen molar-refractivity contribution < 1.29 is 9.39 Å². The van der Waals surface area contributed by atoms with Gasteiger partial charge in [-0.25, -0.2) is 0 Å². The second kappa shape index (κ2) is 15.0. The molecule has 0 unspecified atom stereocenters. The summed E-state index contributed by atoms with van der Waals surface area (Å²) in [5.41, 5.74) is 12.4. The Hall–Kier alpha value is -8.12. The van der Waals surface area contributed by atoms with Gasteiger partial charge in [0.25, 0.3) is 0 Å². The highest BCUT2D eigenvalue weighted by atomic mass is 28.3. The second-order valence-corrected chi connectivity index (χ2v) is 20.9. The van der Waals surface area contributed by atoms with E-state index >= 15 is 0 Å². The van der Waals surface area contributed by atoms with Crippen LogP contribution in [0.2, 0.25) is 0 Å². The highest BCUT2D eigenvalue weighted by Crippen LogP contribution is 2.42. The quantitative estimate of drug-likeness (QED) is 0.118. The van der Waals surface area contributed by atoms with Crippen LogP contribution < -0.4 is 41.1 Å². The lowest BCUT2D eigenvalue weighted by atomic mass is 9.51. The topological polar surface area (TPSA) is 23.4 Å². The van der Waals surface area contributed by atoms with Gasteiger partial charge in [-0.05, 0) is 91.0 Å². The largest absolute Gasteiger partial charge is 0.551 e. The first-order chi connectivity index (χ1) is 32.2. The van der Waals surface area contributed by atoms with Gasteiger partial charge < -0.3 is 14.0 Å². The fraction of sp³-hybridized carbons (Fsp3) is 0. The van der Waals surface area contributed by atoms with Crippen LogP contribution in [0.1, 0.15) is 0 Å². The number of benzene rings is 10. The van der Waals surface area contributed by atoms with E-state index in [1.165, 1.54) is 48.1 Å². The molecule has 0 atom stereocenters. The number of ether oxygens (including phenoxy) is 1. The van der Waals surface area contributed by atoms with Crippen molar-refractivity contribution in [2.45, 2.75) is 0 Å². The number of nitrogens with zero attached hydrogens (tertiary/aromatic N) is 1. The van der Waals surface area contributed by atoms with Crippen LogP contribution >= 0.6 is 0 Å². The van der Waals surface area contributed by atoms with E-state index in [1.807, 2.05) is 0 Å². The third-order valence-corrected chi connectivity index (χ3v) is 18.5. The summed E-state index contributed by atoms with van der Waals surface area (Å²) in [6.45, 7) is -0.327. The molecule has 3 nitrogen and oxygen atoms in total. The molecule has 3 heterocycles. The van der Waals surface area contributed by atoms with Crippen LogP contribution in [0.5, 0.6) is 17.2 Å². The number of rotatable bonds is 7. The van der Waals surface area contributed by atoms with Gasteiger partial charge in [0.2, 0.25) is 0 Å². The lowest BCUT2D eigenvalue weighted by Gasteiger charge is -2.36. The maximum atomic E-state index is 7.16.